The van der Waals surface area contributed by atoms with Crippen LogP contribution in [0, 0.1) is 25.0 Å². The summed E-state index contributed by atoms with van der Waals surface area (Å²) in [5, 5.41) is 4.13. The van der Waals surface area contributed by atoms with Crippen molar-refractivity contribution in [2.24, 2.45) is 5.92 Å². The summed E-state index contributed by atoms with van der Waals surface area (Å²) in [7, 11) is -1.35. The third-order valence-corrected chi connectivity index (χ3v) is 13.6. The predicted molar refractivity (Wildman–Crippen MR) is 223 cm³/mol. The number of fused-ring (bicyclic) bond motifs is 3. The van der Waals surface area contributed by atoms with E-state index in [0.717, 1.165) is 28.4 Å². The van der Waals surface area contributed by atoms with Crippen molar-refractivity contribution < 1.29 is 20.1 Å². The Kier molecular flexibility index (Phi) is 12.1. The van der Waals surface area contributed by atoms with Gasteiger partial charge in [0.05, 0.1) is 8.07 Å². The van der Waals surface area contributed by atoms with E-state index in [9.17, 15) is 0 Å². The van der Waals surface area contributed by atoms with E-state index in [1.165, 1.54) is 74.5 Å². The summed E-state index contributed by atoms with van der Waals surface area (Å²) in [4.78, 5) is 9.51. The van der Waals surface area contributed by atoms with Gasteiger partial charge in [-0.15, -0.1) is 59.7 Å². The van der Waals surface area contributed by atoms with E-state index >= 15 is 0 Å². The minimum Gasteiger partial charge on any atom is -0.305 e. The van der Waals surface area contributed by atoms with Gasteiger partial charge in [-0.3, -0.25) is 0 Å². The molecule has 3 heterocycles. The number of aromatic nitrogens is 2. The van der Waals surface area contributed by atoms with Gasteiger partial charge in [0.2, 0.25) is 0 Å². The minimum absolute atomic E-state index is 0. The van der Waals surface area contributed by atoms with E-state index in [0.29, 0.717) is 5.92 Å². The average Bonchev–Trinajstić information content (AvgIpc) is 3.80. The van der Waals surface area contributed by atoms with E-state index in [1.54, 1.807) is 10.8 Å². The third-order valence-electron chi connectivity index (χ3n) is 10.3. The molecule has 7 aromatic rings. The van der Waals surface area contributed by atoms with Crippen LogP contribution < -0.4 is 5.19 Å². The van der Waals surface area contributed by atoms with Crippen LogP contribution in [0.25, 0.3) is 53.8 Å². The molecule has 8 rings (SSSR count). The molecule has 0 N–H and O–H groups in total. The van der Waals surface area contributed by atoms with E-state index < -0.39 is 8.07 Å². The van der Waals surface area contributed by atoms with Crippen LogP contribution in [0.4, 0.5) is 0 Å². The number of hydrogen-bond donors (Lipinski definition) is 0. The molecule has 1 radical (unpaired) electrons. The second-order valence-corrected chi connectivity index (χ2v) is 21.6. The Hall–Kier alpha value is -3.73. The van der Waals surface area contributed by atoms with Gasteiger partial charge in [0.15, 0.2) is 0 Å². The van der Waals surface area contributed by atoms with E-state index in [1.807, 2.05) is 35.7 Å². The van der Waals surface area contributed by atoms with Crippen molar-refractivity contribution in [3.05, 3.63) is 138 Å². The molecular weight excluding hydrogens is 845 g/mol. The molecule has 0 aliphatic heterocycles. The molecule has 0 amide bonds. The van der Waals surface area contributed by atoms with E-state index in [2.05, 4.69) is 138 Å². The summed E-state index contributed by atoms with van der Waals surface area (Å²) >= 11 is 1.83. The number of thiophene rings is 1. The molecule has 4 aromatic carbocycles. The first-order chi connectivity index (χ1) is 24.7. The monoisotopic (exact) mass is 893 g/mol. The molecule has 1 saturated carbocycles. The van der Waals surface area contributed by atoms with Gasteiger partial charge in [0, 0.05) is 37.2 Å². The second kappa shape index (κ2) is 16.5. The Morgan fingerprint density at radius 2 is 1.52 bits per heavy atom. The minimum atomic E-state index is -1.35. The largest absolute Gasteiger partial charge is 0.305 e. The van der Waals surface area contributed by atoms with Crippen LogP contribution in [0.1, 0.15) is 62.1 Å². The van der Waals surface area contributed by atoms with Crippen molar-refractivity contribution in [1.29, 1.82) is 0 Å². The number of nitrogens with zero attached hydrogens (tertiary/aromatic N) is 2. The molecule has 3 aromatic heterocycles. The standard InChI is InChI=1S/C27H22NS.C20H26NSi.Ir/c1-17(2)23-15-25(28-16-18(23)3)22-11-7-10-21-24-14-20(19-8-5-4-6-9-19)12-13-26(24)29-27(21)22;1-22(2,3)20-15-21-19(17-11-5-4-6-12-17)14-18(20)13-16-9-7-8-10-16;/h4-10,12-17H,1-3H3;4-6,11,14-16H,7-10,13H2,1-3H3;/q2*-1;. The van der Waals surface area contributed by atoms with Crippen LogP contribution in [0.2, 0.25) is 19.6 Å². The number of pyridine rings is 2. The molecule has 1 fully saturated rings. The molecule has 5 heteroatoms. The Bertz CT molecular complexity index is 2270. The Balaban J connectivity index is 0.000000182. The van der Waals surface area contributed by atoms with Crippen LogP contribution in [-0.4, -0.2) is 18.0 Å². The fraction of sp³-hybridized carbons (Fsp3) is 0.277. The van der Waals surface area contributed by atoms with Crippen molar-refractivity contribution >= 4 is 44.8 Å². The van der Waals surface area contributed by atoms with Crippen LogP contribution in [0.3, 0.4) is 0 Å². The van der Waals surface area contributed by atoms with Crippen LogP contribution >= 0.6 is 11.3 Å². The molecule has 0 saturated heterocycles. The summed E-state index contributed by atoms with van der Waals surface area (Å²) < 4.78 is 2.57. The molecule has 0 spiro atoms. The van der Waals surface area contributed by atoms with Crippen molar-refractivity contribution in [2.45, 2.75) is 78.4 Å². The van der Waals surface area contributed by atoms with Crippen LogP contribution in [0.15, 0.2) is 109 Å². The second-order valence-electron chi connectivity index (χ2n) is 15.5. The maximum atomic E-state index is 4.75. The first-order valence-corrected chi connectivity index (χ1v) is 22.8. The Morgan fingerprint density at radius 1 is 0.769 bits per heavy atom. The smallest absolute Gasteiger partial charge is 0.0798 e. The van der Waals surface area contributed by atoms with Crippen LogP contribution in [0.5, 0.6) is 0 Å². The summed E-state index contributed by atoms with van der Waals surface area (Å²) in [5.74, 6) is 1.36. The first-order valence-electron chi connectivity index (χ1n) is 18.5. The zero-order valence-corrected chi connectivity index (χ0v) is 35.4. The van der Waals surface area contributed by atoms with Crippen molar-refractivity contribution in [2.75, 3.05) is 0 Å². The van der Waals surface area contributed by atoms with Gasteiger partial charge in [-0.05, 0) is 86.2 Å². The molecule has 0 unspecified atom stereocenters. The summed E-state index contributed by atoms with van der Waals surface area (Å²) in [6, 6.07) is 41.1. The maximum absolute atomic E-state index is 4.75. The number of hydrogen-bond acceptors (Lipinski definition) is 3. The number of benzene rings is 4. The topological polar surface area (TPSA) is 25.8 Å². The molecular formula is C47H48IrN2SSi-2. The summed E-state index contributed by atoms with van der Waals surface area (Å²) in [5.41, 5.74) is 11.0. The summed E-state index contributed by atoms with van der Waals surface area (Å²) in [6.45, 7) is 13.9. The van der Waals surface area contributed by atoms with Crippen LogP contribution in [-0.2, 0) is 26.5 Å². The molecule has 52 heavy (non-hydrogen) atoms. The van der Waals surface area contributed by atoms with Gasteiger partial charge in [-0.2, -0.15) is 11.3 Å². The third kappa shape index (κ3) is 8.40. The molecule has 0 bridgehead atoms. The van der Waals surface area contributed by atoms with Gasteiger partial charge < -0.3 is 9.97 Å². The van der Waals surface area contributed by atoms with Crippen molar-refractivity contribution in [3.8, 4) is 33.6 Å². The quantitative estimate of drug-likeness (QED) is 0.118. The summed E-state index contributed by atoms with van der Waals surface area (Å²) in [6.07, 6.45) is 11.0. The van der Waals surface area contributed by atoms with Gasteiger partial charge in [0.25, 0.3) is 0 Å². The molecule has 2 nitrogen and oxygen atoms in total. The zero-order valence-electron chi connectivity index (χ0n) is 31.2. The SMILES string of the molecule is C[Si](C)(C)c1cnc(-c2[c-]cccc2)cc1CC1CCCC1.Cc1cnc(-c2[c-]ccc3c2sc2ccc(-c4ccccc4)cc23)cc1C(C)C.[Ir]. The first kappa shape index (κ1) is 38.0. The number of rotatable bonds is 7. The average molecular weight is 893 g/mol. The maximum Gasteiger partial charge on any atom is 0.0798 e. The fourth-order valence-corrected chi connectivity index (χ4v) is 10.4. The molecule has 0 atom stereocenters. The van der Waals surface area contributed by atoms with Crippen molar-refractivity contribution in [3.63, 3.8) is 0 Å². The fourth-order valence-electron chi connectivity index (χ4n) is 7.61. The predicted octanol–water partition coefficient (Wildman–Crippen LogP) is 12.8. The van der Waals surface area contributed by atoms with Gasteiger partial charge in [-0.25, -0.2) is 0 Å². The van der Waals surface area contributed by atoms with Gasteiger partial charge >= 0.3 is 0 Å². The van der Waals surface area contributed by atoms with E-state index in [-0.39, 0.29) is 20.1 Å². The van der Waals surface area contributed by atoms with Gasteiger partial charge in [0.1, 0.15) is 0 Å². The van der Waals surface area contributed by atoms with Crippen molar-refractivity contribution in [1.82, 2.24) is 9.97 Å². The Morgan fingerprint density at radius 3 is 2.23 bits per heavy atom. The normalized spacial score (nSPS) is 13.3. The molecule has 1 aliphatic rings. The number of aryl methyl sites for hydroxylation is 1. The van der Waals surface area contributed by atoms with E-state index in [4.69, 9.17) is 9.97 Å². The van der Waals surface area contributed by atoms with Gasteiger partial charge in [-0.1, -0.05) is 119 Å². The molecule has 267 valence electrons. The zero-order chi connectivity index (χ0) is 35.5. The molecule has 1 aliphatic carbocycles. The Labute approximate surface area is 329 Å².